The van der Waals surface area contributed by atoms with Crippen LogP contribution >= 0.6 is 0 Å². The lowest BCUT2D eigenvalue weighted by Gasteiger charge is -2.23. The number of benzene rings is 1. The zero-order valence-electron chi connectivity index (χ0n) is 14.7. The molecular weight excluding hydrogens is 302 g/mol. The molecule has 0 saturated carbocycles. The Bertz CT molecular complexity index is 631. The molecule has 1 aromatic carbocycles. The molecule has 0 radical (unpaired) electrons. The molecule has 5 nitrogen and oxygen atoms in total. The fraction of sp³-hybridized carbons (Fsp3) is 0.579. The van der Waals surface area contributed by atoms with E-state index in [-0.39, 0.29) is 17.4 Å². The second-order valence-corrected chi connectivity index (χ2v) is 7.08. The molecule has 2 aliphatic heterocycles. The zero-order chi connectivity index (χ0) is 17.2. The van der Waals surface area contributed by atoms with E-state index in [1.54, 1.807) is 0 Å². The standard InChI is InChI=1S/C19H27N3O2/c1-3-10-21-11-8-19(17(21)23)9-12-22(14-19)18(24)20-13-16-7-5-4-6-15(16)2/h4-7H,3,8-14H2,1-2H3,(H,20,24). The van der Waals surface area contributed by atoms with Crippen LogP contribution in [0.4, 0.5) is 4.79 Å². The molecule has 1 N–H and O–H groups in total. The van der Waals surface area contributed by atoms with Gasteiger partial charge in [0.25, 0.3) is 0 Å². The molecule has 5 heteroatoms. The van der Waals surface area contributed by atoms with Gasteiger partial charge in [-0.15, -0.1) is 0 Å². The molecular formula is C19H27N3O2. The average molecular weight is 329 g/mol. The summed E-state index contributed by atoms with van der Waals surface area (Å²) in [4.78, 5) is 28.9. The molecule has 2 fully saturated rings. The molecule has 3 amide bonds. The first-order valence-corrected chi connectivity index (χ1v) is 8.92. The van der Waals surface area contributed by atoms with Crippen molar-refractivity contribution in [1.29, 1.82) is 0 Å². The molecule has 24 heavy (non-hydrogen) atoms. The van der Waals surface area contributed by atoms with Gasteiger partial charge < -0.3 is 15.1 Å². The van der Waals surface area contributed by atoms with Gasteiger partial charge in [-0.2, -0.15) is 0 Å². The molecule has 0 aliphatic carbocycles. The van der Waals surface area contributed by atoms with Crippen LogP contribution in [0.3, 0.4) is 0 Å². The van der Waals surface area contributed by atoms with Gasteiger partial charge in [0.15, 0.2) is 0 Å². The maximum atomic E-state index is 12.7. The first-order chi connectivity index (χ1) is 11.6. The van der Waals surface area contributed by atoms with E-state index in [0.29, 0.717) is 19.6 Å². The van der Waals surface area contributed by atoms with Crippen molar-refractivity contribution in [3.05, 3.63) is 35.4 Å². The van der Waals surface area contributed by atoms with E-state index in [1.165, 1.54) is 5.56 Å². The molecule has 0 aromatic heterocycles. The third kappa shape index (κ3) is 3.12. The number of carbonyl (C=O) groups is 2. The van der Waals surface area contributed by atoms with E-state index < -0.39 is 0 Å². The van der Waals surface area contributed by atoms with E-state index in [4.69, 9.17) is 0 Å². The van der Waals surface area contributed by atoms with Crippen LogP contribution in [0.25, 0.3) is 0 Å². The van der Waals surface area contributed by atoms with Crippen LogP contribution < -0.4 is 5.32 Å². The van der Waals surface area contributed by atoms with Crippen LogP contribution in [0.2, 0.25) is 0 Å². The van der Waals surface area contributed by atoms with Gasteiger partial charge in [-0.3, -0.25) is 4.79 Å². The molecule has 1 atom stereocenters. The monoisotopic (exact) mass is 329 g/mol. The Morgan fingerprint density at radius 1 is 1.25 bits per heavy atom. The van der Waals surface area contributed by atoms with Crippen LogP contribution in [-0.4, -0.2) is 47.9 Å². The maximum Gasteiger partial charge on any atom is 0.317 e. The fourth-order valence-electron chi connectivity index (χ4n) is 3.89. The van der Waals surface area contributed by atoms with Crippen molar-refractivity contribution in [3.8, 4) is 0 Å². The van der Waals surface area contributed by atoms with Crippen molar-refractivity contribution >= 4 is 11.9 Å². The number of nitrogens with one attached hydrogen (secondary N) is 1. The summed E-state index contributed by atoms with van der Waals surface area (Å²) in [5.74, 6) is 0.249. The molecule has 1 spiro atoms. The zero-order valence-corrected chi connectivity index (χ0v) is 14.7. The Hall–Kier alpha value is -2.04. The number of likely N-dealkylation sites (tertiary alicyclic amines) is 2. The largest absolute Gasteiger partial charge is 0.342 e. The molecule has 2 aliphatic rings. The van der Waals surface area contributed by atoms with Crippen LogP contribution in [0.15, 0.2) is 24.3 Å². The summed E-state index contributed by atoms with van der Waals surface area (Å²) < 4.78 is 0. The summed E-state index contributed by atoms with van der Waals surface area (Å²) in [6.07, 6.45) is 2.67. The predicted octanol–water partition coefficient (Wildman–Crippen LogP) is 2.54. The number of hydrogen-bond acceptors (Lipinski definition) is 2. The lowest BCUT2D eigenvalue weighted by Crippen LogP contribution is -2.42. The first kappa shape index (κ1) is 16.8. The molecule has 0 bridgehead atoms. The molecule has 3 rings (SSSR count). The highest BCUT2D eigenvalue weighted by Gasteiger charge is 2.51. The minimum Gasteiger partial charge on any atom is -0.342 e. The van der Waals surface area contributed by atoms with Gasteiger partial charge in [0.2, 0.25) is 5.91 Å². The Morgan fingerprint density at radius 3 is 2.75 bits per heavy atom. The van der Waals surface area contributed by atoms with Gasteiger partial charge >= 0.3 is 6.03 Å². The number of hydrogen-bond donors (Lipinski definition) is 1. The number of rotatable bonds is 4. The maximum absolute atomic E-state index is 12.7. The average Bonchev–Trinajstić information content (AvgIpc) is 3.14. The number of urea groups is 1. The van der Waals surface area contributed by atoms with Gasteiger partial charge in [-0.25, -0.2) is 4.79 Å². The minimum atomic E-state index is -0.324. The van der Waals surface area contributed by atoms with E-state index >= 15 is 0 Å². The predicted molar refractivity (Wildman–Crippen MR) is 93.5 cm³/mol. The molecule has 1 aromatic rings. The minimum absolute atomic E-state index is 0.0585. The molecule has 2 saturated heterocycles. The van der Waals surface area contributed by atoms with Crippen LogP contribution in [0, 0.1) is 12.3 Å². The Labute approximate surface area is 144 Å². The van der Waals surface area contributed by atoms with E-state index in [9.17, 15) is 9.59 Å². The third-order valence-corrected chi connectivity index (χ3v) is 5.43. The Balaban J connectivity index is 1.57. The number of aryl methyl sites for hydroxylation is 1. The van der Waals surface area contributed by atoms with E-state index in [1.807, 2.05) is 41.0 Å². The highest BCUT2D eigenvalue weighted by Crippen LogP contribution is 2.40. The summed E-state index contributed by atoms with van der Waals surface area (Å²) in [7, 11) is 0. The summed E-state index contributed by atoms with van der Waals surface area (Å²) in [6, 6.07) is 8.00. The Kier molecular flexibility index (Phi) is 4.78. The Morgan fingerprint density at radius 2 is 2.00 bits per heavy atom. The van der Waals surface area contributed by atoms with Gasteiger partial charge in [0.1, 0.15) is 0 Å². The summed E-state index contributed by atoms with van der Waals surface area (Å²) in [6.45, 7) is 7.58. The first-order valence-electron chi connectivity index (χ1n) is 8.92. The quantitative estimate of drug-likeness (QED) is 0.923. The van der Waals surface area contributed by atoms with Crippen LogP contribution in [0.5, 0.6) is 0 Å². The third-order valence-electron chi connectivity index (χ3n) is 5.43. The van der Waals surface area contributed by atoms with Gasteiger partial charge in [-0.05, 0) is 37.3 Å². The van der Waals surface area contributed by atoms with Crippen molar-refractivity contribution < 1.29 is 9.59 Å². The second kappa shape index (κ2) is 6.83. The van der Waals surface area contributed by atoms with Crippen LogP contribution in [0.1, 0.15) is 37.3 Å². The highest BCUT2D eigenvalue weighted by atomic mass is 16.2. The molecule has 1 unspecified atom stereocenters. The molecule has 130 valence electrons. The van der Waals surface area contributed by atoms with Crippen molar-refractivity contribution in [2.45, 2.75) is 39.7 Å². The normalized spacial score (nSPS) is 23.3. The molecule has 2 heterocycles. The van der Waals surface area contributed by atoms with Gasteiger partial charge in [0.05, 0.1) is 5.41 Å². The lowest BCUT2D eigenvalue weighted by molar-refractivity contribution is -0.135. The SMILES string of the molecule is CCCN1CCC2(CCN(C(=O)NCc3ccccc3C)C2)C1=O. The fourth-order valence-corrected chi connectivity index (χ4v) is 3.89. The van der Waals surface area contributed by atoms with Crippen LogP contribution in [-0.2, 0) is 11.3 Å². The van der Waals surface area contributed by atoms with Gasteiger partial charge in [-0.1, -0.05) is 31.2 Å². The highest BCUT2D eigenvalue weighted by molar-refractivity contribution is 5.87. The van der Waals surface area contributed by atoms with Crippen molar-refractivity contribution in [2.24, 2.45) is 5.41 Å². The summed E-state index contributed by atoms with van der Waals surface area (Å²) in [5.41, 5.74) is 1.98. The second-order valence-electron chi connectivity index (χ2n) is 7.08. The van der Waals surface area contributed by atoms with Gasteiger partial charge in [0, 0.05) is 32.7 Å². The summed E-state index contributed by atoms with van der Waals surface area (Å²) >= 11 is 0. The van der Waals surface area contributed by atoms with Crippen molar-refractivity contribution in [1.82, 2.24) is 15.1 Å². The van der Waals surface area contributed by atoms with E-state index in [0.717, 1.165) is 37.9 Å². The number of amides is 3. The van der Waals surface area contributed by atoms with Crippen molar-refractivity contribution in [3.63, 3.8) is 0 Å². The number of carbonyl (C=O) groups excluding carboxylic acids is 2. The van der Waals surface area contributed by atoms with E-state index in [2.05, 4.69) is 12.2 Å². The number of nitrogens with zero attached hydrogens (tertiary/aromatic N) is 2. The topological polar surface area (TPSA) is 52.6 Å². The van der Waals surface area contributed by atoms with Crippen molar-refractivity contribution in [2.75, 3.05) is 26.2 Å². The smallest absolute Gasteiger partial charge is 0.317 e. The summed E-state index contributed by atoms with van der Waals surface area (Å²) in [5, 5.41) is 3.00. The lowest BCUT2D eigenvalue weighted by atomic mass is 9.85.